The molecule has 2 heterocycles. The van der Waals surface area contributed by atoms with Gasteiger partial charge in [0.1, 0.15) is 18.0 Å². The molecule has 0 fully saturated rings. The highest BCUT2D eigenvalue weighted by Crippen LogP contribution is 2.27. The molecule has 1 aliphatic heterocycles. The summed E-state index contributed by atoms with van der Waals surface area (Å²) in [5, 5.41) is 4.47. The Hall–Kier alpha value is -3.90. The Bertz CT molecular complexity index is 1380. The smallest absolute Gasteiger partial charge is 0.271 e. The number of carbonyl (C=O) groups excluding carboxylic acids is 2. The molecule has 6 heteroatoms. The van der Waals surface area contributed by atoms with Crippen LogP contribution >= 0.6 is 0 Å². The minimum atomic E-state index is -0.129. The maximum atomic E-state index is 13.5. The highest BCUT2D eigenvalue weighted by molar-refractivity contribution is 6.09. The second kappa shape index (κ2) is 9.76. The van der Waals surface area contributed by atoms with Gasteiger partial charge in [0, 0.05) is 24.5 Å². The van der Waals surface area contributed by atoms with Gasteiger partial charge in [-0.2, -0.15) is 0 Å². The minimum absolute atomic E-state index is 0.00946. The van der Waals surface area contributed by atoms with E-state index in [1.165, 1.54) is 16.7 Å². The van der Waals surface area contributed by atoms with Crippen molar-refractivity contribution in [1.82, 2.24) is 14.8 Å². The molecule has 5 rings (SSSR count). The Morgan fingerprint density at radius 2 is 1.74 bits per heavy atom. The molecule has 1 aromatic heterocycles. The number of hydrogen-bond donors (Lipinski definition) is 1. The SMILES string of the molecule is COc1ccc2c(c1)cc1n2C(=O)CN(C[C@H](Cc2ccccc2)NCc2ccccc2C)C1=O. The molecular formula is C29H29N3O3. The van der Waals surface area contributed by atoms with Gasteiger partial charge in [0.15, 0.2) is 0 Å². The zero-order valence-corrected chi connectivity index (χ0v) is 20.0. The summed E-state index contributed by atoms with van der Waals surface area (Å²) < 4.78 is 6.85. The van der Waals surface area contributed by atoms with Crippen molar-refractivity contribution < 1.29 is 14.3 Å². The van der Waals surface area contributed by atoms with Gasteiger partial charge in [-0.25, -0.2) is 0 Å². The maximum Gasteiger partial charge on any atom is 0.271 e. The molecule has 3 aromatic carbocycles. The van der Waals surface area contributed by atoms with Crippen LogP contribution in [0.4, 0.5) is 0 Å². The van der Waals surface area contributed by atoms with E-state index >= 15 is 0 Å². The number of benzene rings is 3. The second-order valence-corrected chi connectivity index (χ2v) is 9.06. The normalized spacial score (nSPS) is 14.3. The van der Waals surface area contributed by atoms with E-state index < -0.39 is 0 Å². The fraction of sp³-hybridized carbons (Fsp3) is 0.241. The molecule has 6 nitrogen and oxygen atoms in total. The zero-order chi connectivity index (χ0) is 24.4. The van der Waals surface area contributed by atoms with Crippen molar-refractivity contribution in [3.8, 4) is 5.75 Å². The number of aryl methyl sites for hydroxylation is 1. The van der Waals surface area contributed by atoms with Crippen LogP contribution in [-0.2, 0) is 13.0 Å². The van der Waals surface area contributed by atoms with Crippen molar-refractivity contribution in [2.45, 2.75) is 25.9 Å². The van der Waals surface area contributed by atoms with E-state index in [-0.39, 0.29) is 24.4 Å². The van der Waals surface area contributed by atoms with Gasteiger partial charge in [-0.3, -0.25) is 14.2 Å². The van der Waals surface area contributed by atoms with Crippen molar-refractivity contribution in [3.63, 3.8) is 0 Å². The lowest BCUT2D eigenvalue weighted by Gasteiger charge is -2.31. The highest BCUT2D eigenvalue weighted by Gasteiger charge is 2.33. The molecule has 0 bridgehead atoms. The van der Waals surface area contributed by atoms with Crippen LogP contribution in [0.15, 0.2) is 78.9 Å². The van der Waals surface area contributed by atoms with Gasteiger partial charge in [-0.15, -0.1) is 0 Å². The molecule has 4 aromatic rings. The molecule has 0 aliphatic carbocycles. The number of hydrogen-bond acceptors (Lipinski definition) is 4. The number of aromatic nitrogens is 1. The summed E-state index contributed by atoms with van der Waals surface area (Å²) in [4.78, 5) is 28.3. The van der Waals surface area contributed by atoms with Crippen molar-refractivity contribution in [2.24, 2.45) is 0 Å². The number of ether oxygens (including phenoxy) is 1. The van der Waals surface area contributed by atoms with Crippen LogP contribution in [0.2, 0.25) is 0 Å². The van der Waals surface area contributed by atoms with E-state index in [9.17, 15) is 9.59 Å². The molecule has 1 N–H and O–H groups in total. The van der Waals surface area contributed by atoms with Crippen molar-refractivity contribution in [2.75, 3.05) is 20.2 Å². The molecule has 1 amide bonds. The molecule has 0 spiro atoms. The maximum absolute atomic E-state index is 13.5. The lowest BCUT2D eigenvalue weighted by atomic mass is 10.0. The van der Waals surface area contributed by atoms with E-state index in [0.717, 1.165) is 17.3 Å². The van der Waals surface area contributed by atoms with Crippen molar-refractivity contribution in [3.05, 3.63) is 101 Å². The van der Waals surface area contributed by atoms with Crippen LogP contribution in [0.5, 0.6) is 5.75 Å². The third kappa shape index (κ3) is 4.70. The lowest BCUT2D eigenvalue weighted by Crippen LogP contribution is -2.50. The minimum Gasteiger partial charge on any atom is -0.497 e. The number of methoxy groups -OCH3 is 1. The molecule has 0 radical (unpaired) electrons. The summed E-state index contributed by atoms with van der Waals surface area (Å²) in [6.45, 7) is 3.29. The number of fused-ring (bicyclic) bond motifs is 3. The van der Waals surface area contributed by atoms with Crippen LogP contribution in [0.1, 0.15) is 32.0 Å². The molecule has 1 atom stereocenters. The summed E-state index contributed by atoms with van der Waals surface area (Å²) in [5.41, 5.74) is 4.77. The van der Waals surface area contributed by atoms with Crippen LogP contribution in [0, 0.1) is 6.92 Å². The molecule has 178 valence electrons. The van der Waals surface area contributed by atoms with E-state index in [1.807, 2.05) is 48.5 Å². The van der Waals surface area contributed by atoms with E-state index in [1.54, 1.807) is 22.6 Å². The van der Waals surface area contributed by atoms with Crippen LogP contribution in [0.3, 0.4) is 0 Å². The average molecular weight is 468 g/mol. The molecule has 0 unspecified atom stereocenters. The van der Waals surface area contributed by atoms with Gasteiger partial charge >= 0.3 is 0 Å². The van der Waals surface area contributed by atoms with E-state index in [0.29, 0.717) is 24.5 Å². The Morgan fingerprint density at radius 1 is 0.971 bits per heavy atom. The first-order valence-corrected chi connectivity index (χ1v) is 11.9. The first-order chi connectivity index (χ1) is 17.0. The topological polar surface area (TPSA) is 63.6 Å². The fourth-order valence-electron chi connectivity index (χ4n) is 4.79. The van der Waals surface area contributed by atoms with Gasteiger partial charge in [0.05, 0.1) is 12.6 Å². The number of amides is 1. The molecule has 0 saturated heterocycles. The molecule has 0 saturated carbocycles. The number of nitrogens with zero attached hydrogens (tertiary/aromatic N) is 2. The van der Waals surface area contributed by atoms with Crippen LogP contribution < -0.4 is 10.1 Å². The second-order valence-electron chi connectivity index (χ2n) is 9.06. The first-order valence-electron chi connectivity index (χ1n) is 11.9. The number of carbonyl (C=O) groups is 2. The zero-order valence-electron chi connectivity index (χ0n) is 20.0. The molecule has 35 heavy (non-hydrogen) atoms. The average Bonchev–Trinajstić information content (AvgIpc) is 3.26. The van der Waals surface area contributed by atoms with Gasteiger partial charge in [0.25, 0.3) is 11.8 Å². The molecular weight excluding hydrogens is 438 g/mol. The van der Waals surface area contributed by atoms with Crippen LogP contribution in [-0.4, -0.2) is 47.5 Å². The van der Waals surface area contributed by atoms with Crippen molar-refractivity contribution in [1.29, 1.82) is 0 Å². The van der Waals surface area contributed by atoms with Gasteiger partial charge in [-0.1, -0.05) is 54.6 Å². The first kappa shape index (κ1) is 22.9. The Kier molecular flexibility index (Phi) is 6.38. The summed E-state index contributed by atoms with van der Waals surface area (Å²) in [7, 11) is 1.60. The largest absolute Gasteiger partial charge is 0.497 e. The van der Waals surface area contributed by atoms with Crippen molar-refractivity contribution >= 4 is 22.7 Å². The quantitative estimate of drug-likeness (QED) is 0.416. The summed E-state index contributed by atoms with van der Waals surface area (Å²) in [6.07, 6.45) is 0.755. The lowest BCUT2D eigenvalue weighted by molar-refractivity contribution is 0.0608. The highest BCUT2D eigenvalue weighted by atomic mass is 16.5. The van der Waals surface area contributed by atoms with Gasteiger partial charge < -0.3 is 15.0 Å². The predicted molar refractivity (Wildman–Crippen MR) is 137 cm³/mol. The number of rotatable bonds is 8. The van der Waals surface area contributed by atoms with Gasteiger partial charge in [-0.05, 0) is 54.3 Å². The van der Waals surface area contributed by atoms with Crippen LogP contribution in [0.25, 0.3) is 10.9 Å². The third-order valence-electron chi connectivity index (χ3n) is 6.70. The fourth-order valence-corrected chi connectivity index (χ4v) is 4.79. The van der Waals surface area contributed by atoms with E-state index in [4.69, 9.17) is 4.74 Å². The summed E-state index contributed by atoms with van der Waals surface area (Å²) >= 11 is 0. The van der Waals surface area contributed by atoms with Gasteiger partial charge in [0.2, 0.25) is 0 Å². The third-order valence-corrected chi connectivity index (χ3v) is 6.70. The van der Waals surface area contributed by atoms with E-state index in [2.05, 4.69) is 36.5 Å². The summed E-state index contributed by atoms with van der Waals surface area (Å²) in [6, 6.07) is 25.8. The number of nitrogens with one attached hydrogen (secondary N) is 1. The summed E-state index contributed by atoms with van der Waals surface area (Å²) in [5.74, 6) is 0.466. The monoisotopic (exact) mass is 467 g/mol. The Labute approximate surface area is 205 Å². The standard InChI is InChI=1S/C29H29N3O3/c1-20-8-6-7-11-22(20)17-30-24(14-21-9-4-3-5-10-21)18-31-19-28(33)32-26-13-12-25(35-2)15-23(26)16-27(32)29(31)34/h3-13,15-16,24,30H,14,17-19H2,1-2H3/t24-/m0/s1. The predicted octanol–water partition coefficient (Wildman–Crippen LogP) is 4.46. The molecule has 1 aliphatic rings. The Morgan fingerprint density at radius 3 is 2.51 bits per heavy atom. The Balaban J connectivity index is 1.40.